The van der Waals surface area contributed by atoms with E-state index in [0.717, 1.165) is 0 Å². The Morgan fingerprint density at radius 2 is 2.05 bits per heavy atom. The number of carboxylic acid groups (broad SMARTS) is 1. The highest BCUT2D eigenvalue weighted by atomic mass is 79.9. The molecule has 2 aromatic rings. The SMILES string of the molecule is O=C(O)C(Cc1cc(Br)ccc1F)c1cccc(Cl)c1. The summed E-state index contributed by atoms with van der Waals surface area (Å²) in [6.45, 7) is 0. The van der Waals surface area contributed by atoms with Crippen LogP contribution in [0.2, 0.25) is 5.02 Å². The van der Waals surface area contributed by atoms with Gasteiger partial charge in [0.25, 0.3) is 0 Å². The fraction of sp³-hybridized carbons (Fsp3) is 0.133. The Morgan fingerprint density at radius 3 is 2.70 bits per heavy atom. The molecule has 0 fully saturated rings. The lowest BCUT2D eigenvalue weighted by Crippen LogP contribution is -2.15. The minimum atomic E-state index is -1.01. The zero-order valence-electron chi connectivity index (χ0n) is 10.3. The van der Waals surface area contributed by atoms with Crippen LogP contribution in [-0.4, -0.2) is 11.1 Å². The van der Waals surface area contributed by atoms with Crippen molar-refractivity contribution >= 4 is 33.5 Å². The van der Waals surface area contributed by atoms with Crippen molar-refractivity contribution in [2.24, 2.45) is 0 Å². The highest BCUT2D eigenvalue weighted by molar-refractivity contribution is 9.10. The summed E-state index contributed by atoms with van der Waals surface area (Å²) in [5.74, 6) is -2.26. The van der Waals surface area contributed by atoms with E-state index in [0.29, 0.717) is 20.6 Å². The Kier molecular flexibility index (Phi) is 4.78. The van der Waals surface area contributed by atoms with E-state index in [1.54, 1.807) is 36.4 Å². The molecule has 0 spiro atoms. The van der Waals surface area contributed by atoms with Gasteiger partial charge in [0, 0.05) is 9.50 Å². The summed E-state index contributed by atoms with van der Waals surface area (Å²) in [4.78, 5) is 11.4. The van der Waals surface area contributed by atoms with Crippen molar-refractivity contribution in [3.05, 3.63) is 68.9 Å². The van der Waals surface area contributed by atoms with Crippen LogP contribution < -0.4 is 0 Å². The second-order valence-electron chi connectivity index (χ2n) is 4.39. The van der Waals surface area contributed by atoms with E-state index in [1.807, 2.05) is 0 Å². The van der Waals surface area contributed by atoms with Gasteiger partial charge >= 0.3 is 5.97 Å². The Balaban J connectivity index is 2.35. The summed E-state index contributed by atoms with van der Waals surface area (Å²) in [6.07, 6.45) is 0.0704. The number of carboxylic acids is 1. The van der Waals surface area contributed by atoms with Gasteiger partial charge in [-0.15, -0.1) is 0 Å². The molecule has 0 aromatic heterocycles. The first-order chi connectivity index (χ1) is 9.47. The first-order valence-corrected chi connectivity index (χ1v) is 7.06. The van der Waals surface area contributed by atoms with Crippen molar-refractivity contribution < 1.29 is 14.3 Å². The lowest BCUT2D eigenvalue weighted by molar-refractivity contribution is -0.138. The standard InChI is InChI=1S/C15H11BrClFO2/c16-11-4-5-14(18)10(6-11)8-13(15(19)20)9-2-1-3-12(17)7-9/h1-7,13H,8H2,(H,19,20). The minimum Gasteiger partial charge on any atom is -0.481 e. The topological polar surface area (TPSA) is 37.3 Å². The van der Waals surface area contributed by atoms with Crippen molar-refractivity contribution in [3.63, 3.8) is 0 Å². The third-order valence-corrected chi connectivity index (χ3v) is 3.71. The lowest BCUT2D eigenvalue weighted by Gasteiger charge is -2.14. The molecule has 0 bridgehead atoms. The highest BCUT2D eigenvalue weighted by Crippen LogP contribution is 2.26. The van der Waals surface area contributed by atoms with Crippen LogP contribution in [0.1, 0.15) is 17.0 Å². The van der Waals surface area contributed by atoms with Crippen LogP contribution in [0.4, 0.5) is 4.39 Å². The monoisotopic (exact) mass is 356 g/mol. The quantitative estimate of drug-likeness (QED) is 0.864. The van der Waals surface area contributed by atoms with Gasteiger partial charge in [-0.1, -0.05) is 39.7 Å². The molecule has 5 heteroatoms. The van der Waals surface area contributed by atoms with Crippen LogP contribution in [-0.2, 0) is 11.2 Å². The molecule has 0 amide bonds. The maximum absolute atomic E-state index is 13.7. The van der Waals surface area contributed by atoms with E-state index in [4.69, 9.17) is 11.6 Å². The zero-order chi connectivity index (χ0) is 14.7. The molecule has 0 saturated heterocycles. The number of aliphatic carboxylic acids is 1. The fourth-order valence-electron chi connectivity index (χ4n) is 1.99. The summed E-state index contributed by atoms with van der Waals surface area (Å²) in [5.41, 5.74) is 0.913. The molecule has 2 nitrogen and oxygen atoms in total. The van der Waals surface area contributed by atoms with Gasteiger partial charge in [0.15, 0.2) is 0 Å². The minimum absolute atomic E-state index is 0.0704. The molecule has 1 atom stereocenters. The Morgan fingerprint density at radius 1 is 1.30 bits per heavy atom. The molecule has 2 rings (SSSR count). The van der Waals surface area contributed by atoms with Gasteiger partial charge in [-0.2, -0.15) is 0 Å². The number of hydrogen-bond acceptors (Lipinski definition) is 1. The van der Waals surface area contributed by atoms with Gasteiger partial charge in [-0.25, -0.2) is 4.39 Å². The summed E-state index contributed by atoms with van der Waals surface area (Å²) in [5, 5.41) is 9.82. The summed E-state index contributed by atoms with van der Waals surface area (Å²) < 4.78 is 14.5. The van der Waals surface area contributed by atoms with Crippen molar-refractivity contribution in [2.45, 2.75) is 12.3 Å². The van der Waals surface area contributed by atoms with Gasteiger partial charge in [0.1, 0.15) is 5.82 Å². The second kappa shape index (κ2) is 6.37. The summed E-state index contributed by atoms with van der Waals surface area (Å²) in [6, 6.07) is 11.1. The van der Waals surface area contributed by atoms with Crippen LogP contribution in [0.25, 0.3) is 0 Å². The van der Waals surface area contributed by atoms with Crippen LogP contribution >= 0.6 is 27.5 Å². The third kappa shape index (κ3) is 3.58. The number of benzene rings is 2. The van der Waals surface area contributed by atoms with Gasteiger partial charge in [0.05, 0.1) is 5.92 Å². The molecule has 0 radical (unpaired) electrons. The molecular formula is C15H11BrClFO2. The lowest BCUT2D eigenvalue weighted by atomic mass is 9.92. The number of halogens is 3. The molecule has 1 unspecified atom stereocenters. The van der Waals surface area contributed by atoms with E-state index in [2.05, 4.69) is 15.9 Å². The first-order valence-electron chi connectivity index (χ1n) is 5.89. The largest absolute Gasteiger partial charge is 0.481 e. The molecule has 0 aliphatic heterocycles. The fourth-order valence-corrected chi connectivity index (χ4v) is 2.60. The molecule has 0 saturated carbocycles. The Labute approximate surface area is 129 Å². The smallest absolute Gasteiger partial charge is 0.311 e. The third-order valence-electron chi connectivity index (χ3n) is 2.98. The van der Waals surface area contributed by atoms with Gasteiger partial charge in [-0.3, -0.25) is 4.79 Å². The maximum atomic E-state index is 13.7. The Hall–Kier alpha value is -1.39. The second-order valence-corrected chi connectivity index (χ2v) is 5.74. The van der Waals surface area contributed by atoms with Gasteiger partial charge in [0.2, 0.25) is 0 Å². The van der Waals surface area contributed by atoms with E-state index in [-0.39, 0.29) is 6.42 Å². The molecule has 20 heavy (non-hydrogen) atoms. The molecule has 0 heterocycles. The predicted octanol–water partition coefficient (Wildman–Crippen LogP) is 4.65. The maximum Gasteiger partial charge on any atom is 0.311 e. The van der Waals surface area contributed by atoms with Crippen molar-refractivity contribution in [2.75, 3.05) is 0 Å². The van der Waals surface area contributed by atoms with Crippen molar-refractivity contribution in [3.8, 4) is 0 Å². The molecule has 2 aromatic carbocycles. The number of hydrogen-bond donors (Lipinski definition) is 1. The average molecular weight is 358 g/mol. The summed E-state index contributed by atoms with van der Waals surface area (Å²) >= 11 is 9.13. The van der Waals surface area contributed by atoms with Crippen molar-refractivity contribution in [1.82, 2.24) is 0 Å². The highest BCUT2D eigenvalue weighted by Gasteiger charge is 2.22. The average Bonchev–Trinajstić information content (AvgIpc) is 2.39. The van der Waals surface area contributed by atoms with Crippen LogP contribution in [0.5, 0.6) is 0 Å². The predicted molar refractivity (Wildman–Crippen MR) is 79.6 cm³/mol. The Bertz CT molecular complexity index is 646. The molecule has 0 aliphatic carbocycles. The molecule has 0 aliphatic rings. The first kappa shape index (κ1) is 15.0. The van der Waals surface area contributed by atoms with Crippen LogP contribution in [0.15, 0.2) is 46.9 Å². The van der Waals surface area contributed by atoms with Gasteiger partial charge in [-0.05, 0) is 47.9 Å². The number of rotatable bonds is 4. The van der Waals surface area contributed by atoms with Crippen LogP contribution in [0.3, 0.4) is 0 Å². The van der Waals surface area contributed by atoms with Crippen LogP contribution in [0, 0.1) is 5.82 Å². The normalized spacial score (nSPS) is 12.2. The molecule has 1 N–H and O–H groups in total. The van der Waals surface area contributed by atoms with Gasteiger partial charge < -0.3 is 5.11 Å². The number of carbonyl (C=O) groups is 1. The zero-order valence-corrected chi connectivity index (χ0v) is 12.7. The van der Waals surface area contributed by atoms with E-state index < -0.39 is 17.7 Å². The van der Waals surface area contributed by atoms with E-state index in [1.165, 1.54) is 6.07 Å². The van der Waals surface area contributed by atoms with Crippen molar-refractivity contribution in [1.29, 1.82) is 0 Å². The molecular weight excluding hydrogens is 347 g/mol. The van der Waals surface area contributed by atoms with E-state index >= 15 is 0 Å². The van der Waals surface area contributed by atoms with E-state index in [9.17, 15) is 14.3 Å². The summed E-state index contributed by atoms with van der Waals surface area (Å²) in [7, 11) is 0. The molecule has 104 valence electrons.